The van der Waals surface area contributed by atoms with E-state index < -0.39 is 23.7 Å². The average Bonchev–Trinajstić information content (AvgIpc) is 2.81. The van der Waals surface area contributed by atoms with E-state index in [0.717, 1.165) is 12.1 Å². The van der Waals surface area contributed by atoms with Gasteiger partial charge in [0.25, 0.3) is 5.91 Å². The molecule has 2 amide bonds. The summed E-state index contributed by atoms with van der Waals surface area (Å²) >= 11 is 5.73. The summed E-state index contributed by atoms with van der Waals surface area (Å²) in [5.41, 5.74) is 5.37. The van der Waals surface area contributed by atoms with Crippen molar-refractivity contribution >= 4 is 23.4 Å². The predicted octanol–water partition coefficient (Wildman–Crippen LogP) is 1.19. The fraction of sp³-hybridized carbons (Fsp3) is 0.385. The molecule has 1 aliphatic rings. The molecule has 1 aromatic carbocycles. The number of likely N-dealkylation sites (tertiary alicyclic amines) is 1. The minimum atomic E-state index is -0.755. The Morgan fingerprint density at radius 2 is 2.15 bits per heavy atom. The Kier molecular flexibility index (Phi) is 4.25. The molecule has 2 N–H and O–H groups in total. The zero-order valence-corrected chi connectivity index (χ0v) is 11.6. The largest absolute Gasteiger partial charge is 0.380 e. The molecular formula is C13H14ClFN2O3. The highest BCUT2D eigenvalue weighted by Crippen LogP contribution is 2.24. The number of carbonyl (C=O) groups excluding carboxylic acids is 2. The molecule has 1 heterocycles. The van der Waals surface area contributed by atoms with E-state index in [-0.39, 0.29) is 23.2 Å². The summed E-state index contributed by atoms with van der Waals surface area (Å²) in [6.07, 6.45) is 0.0705. The molecule has 0 spiro atoms. The molecule has 5 nitrogen and oxygen atoms in total. The van der Waals surface area contributed by atoms with Crippen molar-refractivity contribution in [2.45, 2.75) is 18.6 Å². The summed E-state index contributed by atoms with van der Waals surface area (Å²) in [5, 5.41) is 0.117. The van der Waals surface area contributed by atoms with Crippen molar-refractivity contribution in [3.05, 3.63) is 34.6 Å². The number of carbonyl (C=O) groups is 2. The summed E-state index contributed by atoms with van der Waals surface area (Å²) in [7, 11) is 1.50. The number of benzene rings is 1. The molecule has 7 heteroatoms. The number of rotatable bonds is 3. The van der Waals surface area contributed by atoms with Crippen LogP contribution < -0.4 is 5.73 Å². The second-order valence-electron chi connectivity index (χ2n) is 4.63. The third kappa shape index (κ3) is 2.91. The Bertz CT molecular complexity index is 532. The zero-order chi connectivity index (χ0) is 14.9. The van der Waals surface area contributed by atoms with Crippen LogP contribution in [0, 0.1) is 5.82 Å². The highest BCUT2D eigenvalue weighted by molar-refractivity contribution is 6.31. The van der Waals surface area contributed by atoms with Crippen molar-refractivity contribution in [2.75, 3.05) is 13.7 Å². The third-order valence-electron chi connectivity index (χ3n) is 3.29. The zero-order valence-electron chi connectivity index (χ0n) is 10.8. The van der Waals surface area contributed by atoms with Crippen LogP contribution >= 0.6 is 11.6 Å². The molecule has 2 atom stereocenters. The average molecular weight is 301 g/mol. The standard InChI is InChI=1S/C13H14ClFN2O3/c1-20-10-5-11(12(16)18)17(6-10)13(19)7-2-8(14)4-9(15)3-7/h2-4,10-11H,5-6H2,1H3,(H2,16,18)/t10-,11-/m0/s1. The number of hydrogen-bond acceptors (Lipinski definition) is 3. The lowest BCUT2D eigenvalue weighted by molar-refractivity contribution is -0.121. The van der Waals surface area contributed by atoms with Gasteiger partial charge in [-0.3, -0.25) is 9.59 Å². The van der Waals surface area contributed by atoms with Gasteiger partial charge in [-0.15, -0.1) is 0 Å². The normalized spacial score (nSPS) is 22.1. The number of methoxy groups -OCH3 is 1. The minimum absolute atomic E-state index is 0.0815. The van der Waals surface area contributed by atoms with Crippen LogP contribution in [-0.4, -0.2) is 42.5 Å². The second kappa shape index (κ2) is 5.76. The molecule has 2 rings (SSSR count). The lowest BCUT2D eigenvalue weighted by atomic mass is 10.1. The number of halogens is 2. The Morgan fingerprint density at radius 1 is 1.45 bits per heavy atom. The smallest absolute Gasteiger partial charge is 0.254 e. The van der Waals surface area contributed by atoms with Crippen molar-refractivity contribution in [3.8, 4) is 0 Å². The van der Waals surface area contributed by atoms with E-state index in [1.807, 2.05) is 0 Å². The molecule has 0 saturated carbocycles. The van der Waals surface area contributed by atoms with Gasteiger partial charge in [0.2, 0.25) is 5.91 Å². The Balaban J connectivity index is 2.28. The maximum Gasteiger partial charge on any atom is 0.254 e. The predicted molar refractivity (Wildman–Crippen MR) is 70.8 cm³/mol. The van der Waals surface area contributed by atoms with Gasteiger partial charge in [-0.2, -0.15) is 0 Å². The Morgan fingerprint density at radius 3 is 2.70 bits per heavy atom. The van der Waals surface area contributed by atoms with Crippen LogP contribution in [0.2, 0.25) is 5.02 Å². The van der Waals surface area contributed by atoms with Crippen molar-refractivity contribution in [1.82, 2.24) is 4.90 Å². The van der Waals surface area contributed by atoms with Crippen LogP contribution in [0.1, 0.15) is 16.8 Å². The molecule has 108 valence electrons. The van der Waals surface area contributed by atoms with Gasteiger partial charge in [0.1, 0.15) is 11.9 Å². The number of amides is 2. The third-order valence-corrected chi connectivity index (χ3v) is 3.51. The molecule has 0 radical (unpaired) electrons. The van der Waals surface area contributed by atoms with E-state index in [1.165, 1.54) is 18.1 Å². The number of nitrogens with two attached hydrogens (primary N) is 1. The van der Waals surface area contributed by atoms with E-state index in [4.69, 9.17) is 22.1 Å². The molecule has 1 aromatic rings. The van der Waals surface area contributed by atoms with Gasteiger partial charge >= 0.3 is 0 Å². The van der Waals surface area contributed by atoms with Gasteiger partial charge in [-0.1, -0.05) is 11.6 Å². The van der Waals surface area contributed by atoms with Crippen molar-refractivity contribution in [2.24, 2.45) is 5.73 Å². The quantitative estimate of drug-likeness (QED) is 0.911. The lowest BCUT2D eigenvalue weighted by Crippen LogP contribution is -2.43. The van der Waals surface area contributed by atoms with Crippen LogP contribution in [-0.2, 0) is 9.53 Å². The fourth-order valence-electron chi connectivity index (χ4n) is 2.31. The van der Waals surface area contributed by atoms with Crippen LogP contribution in [0.25, 0.3) is 0 Å². The van der Waals surface area contributed by atoms with Crippen molar-refractivity contribution in [1.29, 1.82) is 0 Å². The molecule has 0 aliphatic carbocycles. The Hall–Kier alpha value is -1.66. The summed E-state index contributed by atoms with van der Waals surface area (Å²) in [5.74, 6) is -1.71. The first kappa shape index (κ1) is 14.7. The van der Waals surface area contributed by atoms with Crippen molar-refractivity contribution < 1.29 is 18.7 Å². The summed E-state index contributed by atoms with van der Waals surface area (Å²) in [6.45, 7) is 0.233. The second-order valence-corrected chi connectivity index (χ2v) is 5.06. The van der Waals surface area contributed by atoms with Crippen LogP contribution in [0.5, 0.6) is 0 Å². The summed E-state index contributed by atoms with van der Waals surface area (Å²) in [4.78, 5) is 25.1. The molecule has 1 saturated heterocycles. The van der Waals surface area contributed by atoms with E-state index in [1.54, 1.807) is 0 Å². The molecule has 1 fully saturated rings. The number of hydrogen-bond donors (Lipinski definition) is 1. The topological polar surface area (TPSA) is 72.6 Å². The highest BCUT2D eigenvalue weighted by atomic mass is 35.5. The first-order chi connectivity index (χ1) is 9.42. The first-order valence-corrected chi connectivity index (χ1v) is 6.39. The van der Waals surface area contributed by atoms with E-state index in [0.29, 0.717) is 6.42 Å². The molecular weight excluding hydrogens is 287 g/mol. The molecule has 0 unspecified atom stereocenters. The molecule has 0 bridgehead atoms. The lowest BCUT2D eigenvalue weighted by Gasteiger charge is -2.22. The van der Waals surface area contributed by atoms with Crippen LogP contribution in [0.3, 0.4) is 0 Å². The van der Waals surface area contributed by atoms with Gasteiger partial charge in [0.05, 0.1) is 6.10 Å². The van der Waals surface area contributed by atoms with Crippen LogP contribution in [0.4, 0.5) is 4.39 Å². The van der Waals surface area contributed by atoms with Gasteiger partial charge < -0.3 is 15.4 Å². The van der Waals surface area contributed by atoms with Gasteiger partial charge in [-0.25, -0.2) is 4.39 Å². The highest BCUT2D eigenvalue weighted by Gasteiger charge is 2.39. The van der Waals surface area contributed by atoms with Gasteiger partial charge in [0.15, 0.2) is 0 Å². The SMILES string of the molecule is CO[C@H]1C[C@@H](C(N)=O)N(C(=O)c2cc(F)cc(Cl)c2)C1. The van der Waals surface area contributed by atoms with E-state index in [9.17, 15) is 14.0 Å². The van der Waals surface area contributed by atoms with E-state index in [2.05, 4.69) is 0 Å². The minimum Gasteiger partial charge on any atom is -0.380 e. The first-order valence-electron chi connectivity index (χ1n) is 6.01. The molecule has 0 aromatic heterocycles. The molecule has 1 aliphatic heterocycles. The number of nitrogens with zero attached hydrogens (tertiary/aromatic N) is 1. The van der Waals surface area contributed by atoms with Crippen LogP contribution in [0.15, 0.2) is 18.2 Å². The maximum absolute atomic E-state index is 13.3. The monoisotopic (exact) mass is 300 g/mol. The number of primary amides is 1. The fourth-order valence-corrected chi connectivity index (χ4v) is 2.53. The van der Waals surface area contributed by atoms with Gasteiger partial charge in [-0.05, 0) is 18.2 Å². The van der Waals surface area contributed by atoms with Crippen molar-refractivity contribution in [3.63, 3.8) is 0 Å². The summed E-state index contributed by atoms with van der Waals surface area (Å²) in [6, 6.07) is 2.78. The summed E-state index contributed by atoms with van der Waals surface area (Å²) < 4.78 is 18.5. The number of ether oxygens (including phenoxy) is 1. The molecule has 20 heavy (non-hydrogen) atoms. The maximum atomic E-state index is 13.3. The van der Waals surface area contributed by atoms with Gasteiger partial charge in [0, 0.05) is 30.7 Å². The van der Waals surface area contributed by atoms with E-state index >= 15 is 0 Å². The Labute approximate surface area is 120 Å².